The summed E-state index contributed by atoms with van der Waals surface area (Å²) < 4.78 is 6.26. The van der Waals surface area contributed by atoms with Crippen LogP contribution in [0.1, 0.15) is 99.3 Å². The number of amides is 1. The monoisotopic (exact) mass is 380 g/mol. The van der Waals surface area contributed by atoms with Gasteiger partial charge in [0.15, 0.2) is 11.5 Å². The van der Waals surface area contributed by atoms with Crippen LogP contribution in [0.5, 0.6) is 0 Å². The van der Waals surface area contributed by atoms with Crippen molar-refractivity contribution in [1.82, 2.24) is 4.98 Å². The van der Waals surface area contributed by atoms with Gasteiger partial charge in [-0.05, 0) is 74.5 Å². The molecule has 4 nitrogen and oxygen atoms in total. The minimum Gasteiger partial charge on any atom is -0.440 e. The van der Waals surface area contributed by atoms with E-state index in [2.05, 4.69) is 40.7 Å². The number of fused-ring (bicyclic) bond motifs is 2. The van der Waals surface area contributed by atoms with Gasteiger partial charge in [0.2, 0.25) is 5.91 Å². The van der Waals surface area contributed by atoms with Gasteiger partial charge < -0.3 is 10.2 Å². The first-order chi connectivity index (χ1) is 13.3. The average molecular weight is 381 g/mol. The number of hydrogen-bond acceptors (Lipinski definition) is 3. The third-order valence-electron chi connectivity index (χ3n) is 6.83. The van der Waals surface area contributed by atoms with Crippen molar-refractivity contribution in [3.63, 3.8) is 0 Å². The van der Waals surface area contributed by atoms with Crippen LogP contribution in [0.25, 0.3) is 11.1 Å². The second-order valence-electron chi connectivity index (χ2n) is 9.27. The highest BCUT2D eigenvalue weighted by Crippen LogP contribution is 2.55. The number of carbonyl (C=O) groups is 1. The highest BCUT2D eigenvalue weighted by atomic mass is 16.3. The van der Waals surface area contributed by atoms with Crippen LogP contribution < -0.4 is 5.73 Å². The van der Waals surface area contributed by atoms with Gasteiger partial charge >= 0.3 is 0 Å². The molecule has 0 bridgehead atoms. The second-order valence-corrected chi connectivity index (χ2v) is 9.27. The summed E-state index contributed by atoms with van der Waals surface area (Å²) in [6, 6.07) is 0. The number of benzene rings is 1. The number of nitrogens with two attached hydrogens (primary N) is 1. The standard InChI is InChI=1S/C24H32N2O2/c1-12(2)10-16-11-14(4)17-7-6-13(3)20-22(17)21(16)15(5)23-24(20)28-19(26-23)9-8-18(25)27/h10,13-14,16-17H,6-9,11H2,1-5H3,(H2,25,27)/t13-,14-,16+,17?/m0/s1. The zero-order valence-corrected chi connectivity index (χ0v) is 17.8. The first kappa shape index (κ1) is 19.2. The maximum atomic E-state index is 11.2. The van der Waals surface area contributed by atoms with Gasteiger partial charge in [0.1, 0.15) is 5.52 Å². The van der Waals surface area contributed by atoms with Crippen molar-refractivity contribution in [3.05, 3.63) is 39.8 Å². The maximum absolute atomic E-state index is 11.2. The highest BCUT2D eigenvalue weighted by Gasteiger charge is 2.40. The molecule has 2 aliphatic rings. The van der Waals surface area contributed by atoms with E-state index >= 15 is 0 Å². The van der Waals surface area contributed by atoms with Crippen molar-refractivity contribution in [3.8, 4) is 0 Å². The summed E-state index contributed by atoms with van der Waals surface area (Å²) in [5, 5.41) is 0. The Morgan fingerprint density at radius 3 is 2.64 bits per heavy atom. The van der Waals surface area contributed by atoms with E-state index in [9.17, 15) is 4.79 Å². The first-order valence-electron chi connectivity index (χ1n) is 10.7. The molecule has 0 saturated carbocycles. The predicted octanol–water partition coefficient (Wildman–Crippen LogP) is 5.62. The lowest BCUT2D eigenvalue weighted by atomic mass is 9.62. The molecule has 2 N–H and O–H groups in total. The van der Waals surface area contributed by atoms with Crippen molar-refractivity contribution >= 4 is 17.0 Å². The zero-order chi connectivity index (χ0) is 20.2. The Morgan fingerprint density at radius 1 is 1.21 bits per heavy atom. The maximum Gasteiger partial charge on any atom is 0.217 e. The van der Waals surface area contributed by atoms with Crippen LogP contribution in [-0.2, 0) is 11.2 Å². The third-order valence-corrected chi connectivity index (χ3v) is 6.83. The zero-order valence-electron chi connectivity index (χ0n) is 17.8. The van der Waals surface area contributed by atoms with Gasteiger partial charge in [-0.1, -0.05) is 25.5 Å². The number of oxazole rings is 1. The van der Waals surface area contributed by atoms with Crippen LogP contribution in [0.15, 0.2) is 16.1 Å². The fraction of sp³-hybridized carbons (Fsp3) is 0.583. The van der Waals surface area contributed by atoms with E-state index in [0.717, 1.165) is 11.1 Å². The lowest BCUT2D eigenvalue weighted by Gasteiger charge is -2.42. The molecule has 0 saturated heterocycles. The topological polar surface area (TPSA) is 69.1 Å². The molecule has 4 heteroatoms. The molecule has 28 heavy (non-hydrogen) atoms. The van der Waals surface area contributed by atoms with Crippen molar-refractivity contribution in [2.24, 2.45) is 11.7 Å². The largest absolute Gasteiger partial charge is 0.440 e. The fourth-order valence-electron chi connectivity index (χ4n) is 5.63. The lowest BCUT2D eigenvalue weighted by Crippen LogP contribution is -2.28. The third kappa shape index (κ3) is 3.07. The molecule has 4 rings (SSSR count). The normalized spacial score (nSPS) is 26.2. The summed E-state index contributed by atoms with van der Waals surface area (Å²) in [7, 11) is 0. The highest BCUT2D eigenvalue weighted by molar-refractivity contribution is 5.85. The van der Waals surface area contributed by atoms with Gasteiger partial charge in [-0.15, -0.1) is 0 Å². The van der Waals surface area contributed by atoms with Gasteiger partial charge in [0.05, 0.1) is 0 Å². The van der Waals surface area contributed by atoms with Crippen LogP contribution >= 0.6 is 0 Å². The molecule has 1 heterocycles. The second kappa shape index (κ2) is 7.06. The van der Waals surface area contributed by atoms with E-state index in [1.807, 2.05) is 0 Å². The summed E-state index contributed by atoms with van der Waals surface area (Å²) in [5.74, 6) is 2.54. The minimum absolute atomic E-state index is 0.274. The van der Waals surface area contributed by atoms with Crippen LogP contribution in [-0.4, -0.2) is 10.9 Å². The number of primary amides is 1. The molecular formula is C24H32N2O2. The van der Waals surface area contributed by atoms with E-state index in [1.54, 1.807) is 5.56 Å². The van der Waals surface area contributed by atoms with Gasteiger partial charge in [-0.3, -0.25) is 4.79 Å². The van der Waals surface area contributed by atoms with Crippen molar-refractivity contribution in [2.45, 2.75) is 84.5 Å². The molecule has 2 aromatic rings. The molecule has 0 fully saturated rings. The quantitative estimate of drug-likeness (QED) is 0.699. The molecule has 1 aromatic carbocycles. The summed E-state index contributed by atoms with van der Waals surface area (Å²) in [6.45, 7) is 11.3. The molecule has 0 radical (unpaired) electrons. The van der Waals surface area contributed by atoms with Gasteiger partial charge in [0, 0.05) is 24.3 Å². The average Bonchev–Trinajstić information content (AvgIpc) is 3.03. The Hall–Kier alpha value is -2.10. The number of rotatable bonds is 4. The molecular weight excluding hydrogens is 348 g/mol. The Labute approximate surface area is 167 Å². The summed E-state index contributed by atoms with van der Waals surface area (Å²) in [6.07, 6.45) is 6.85. The first-order valence-corrected chi connectivity index (χ1v) is 10.7. The number of allylic oxidation sites excluding steroid dienone is 2. The smallest absolute Gasteiger partial charge is 0.217 e. The summed E-state index contributed by atoms with van der Waals surface area (Å²) >= 11 is 0. The number of aromatic nitrogens is 1. The van der Waals surface area contributed by atoms with E-state index in [4.69, 9.17) is 15.1 Å². The molecule has 1 aromatic heterocycles. The van der Waals surface area contributed by atoms with E-state index in [1.165, 1.54) is 41.5 Å². The SMILES string of the molecule is CC(C)=C[C@@H]1C[C@H](C)C2CC[C@H](C)c3c2c1c(C)c1nc(CCC(N)=O)oc31. The number of aryl methyl sites for hydroxylation is 2. The van der Waals surface area contributed by atoms with Crippen LogP contribution in [0, 0.1) is 12.8 Å². The number of hydrogen-bond donors (Lipinski definition) is 1. The van der Waals surface area contributed by atoms with Crippen LogP contribution in [0.2, 0.25) is 0 Å². The van der Waals surface area contributed by atoms with Crippen molar-refractivity contribution < 1.29 is 9.21 Å². The number of nitrogens with zero attached hydrogens (tertiary/aromatic N) is 1. The molecule has 1 unspecified atom stereocenters. The Morgan fingerprint density at radius 2 is 1.96 bits per heavy atom. The fourth-order valence-corrected chi connectivity index (χ4v) is 5.63. The van der Waals surface area contributed by atoms with E-state index < -0.39 is 0 Å². The summed E-state index contributed by atoms with van der Waals surface area (Å²) in [4.78, 5) is 16.0. The van der Waals surface area contributed by atoms with Gasteiger partial charge in [-0.25, -0.2) is 4.98 Å². The van der Waals surface area contributed by atoms with E-state index in [0.29, 0.717) is 36.0 Å². The lowest BCUT2D eigenvalue weighted by molar-refractivity contribution is -0.118. The minimum atomic E-state index is -0.314. The molecule has 150 valence electrons. The van der Waals surface area contributed by atoms with Crippen LogP contribution in [0.4, 0.5) is 0 Å². The molecule has 2 aliphatic carbocycles. The van der Waals surface area contributed by atoms with Crippen LogP contribution in [0.3, 0.4) is 0 Å². The Balaban J connectivity index is 1.98. The van der Waals surface area contributed by atoms with Gasteiger partial charge in [-0.2, -0.15) is 0 Å². The molecule has 0 spiro atoms. The summed E-state index contributed by atoms with van der Waals surface area (Å²) in [5.41, 5.74) is 14.3. The molecule has 1 amide bonds. The Bertz CT molecular complexity index is 965. The van der Waals surface area contributed by atoms with Crippen molar-refractivity contribution in [1.29, 1.82) is 0 Å². The van der Waals surface area contributed by atoms with E-state index in [-0.39, 0.29) is 12.3 Å². The predicted molar refractivity (Wildman–Crippen MR) is 113 cm³/mol. The van der Waals surface area contributed by atoms with Gasteiger partial charge in [0.25, 0.3) is 0 Å². The molecule has 0 aliphatic heterocycles. The van der Waals surface area contributed by atoms with Crippen molar-refractivity contribution in [2.75, 3.05) is 0 Å². The molecule has 4 atom stereocenters. The Kier molecular flexibility index (Phi) is 4.84. The number of carbonyl (C=O) groups excluding carboxylic acids is 1.